The van der Waals surface area contributed by atoms with Crippen molar-refractivity contribution in [2.75, 3.05) is 7.11 Å². The predicted molar refractivity (Wildman–Crippen MR) is 57.5 cm³/mol. The van der Waals surface area contributed by atoms with Crippen LogP contribution in [0, 0.1) is 0 Å². The van der Waals surface area contributed by atoms with Crippen molar-refractivity contribution in [2.45, 2.75) is 32.2 Å². The van der Waals surface area contributed by atoms with Crippen molar-refractivity contribution in [2.24, 2.45) is 5.73 Å². The zero-order valence-corrected chi connectivity index (χ0v) is 9.03. The maximum atomic E-state index is 5.75. The van der Waals surface area contributed by atoms with Gasteiger partial charge in [0.25, 0.3) is 0 Å². The molecule has 2 unspecified atom stereocenters. The van der Waals surface area contributed by atoms with E-state index in [-0.39, 0.29) is 6.04 Å². The van der Waals surface area contributed by atoms with Crippen molar-refractivity contribution in [3.63, 3.8) is 0 Å². The Morgan fingerprint density at radius 1 is 1.50 bits per heavy atom. The first-order valence-corrected chi connectivity index (χ1v) is 4.89. The fourth-order valence-electron chi connectivity index (χ4n) is 1.61. The highest BCUT2D eigenvalue weighted by Gasteiger charge is 2.13. The third-order valence-electron chi connectivity index (χ3n) is 2.21. The summed E-state index contributed by atoms with van der Waals surface area (Å²) in [4.78, 5) is 4.32. The molecule has 1 rings (SSSR count). The summed E-state index contributed by atoms with van der Waals surface area (Å²) in [6.07, 6.45) is 2.71. The van der Waals surface area contributed by atoms with Crippen molar-refractivity contribution in [3.8, 4) is 5.75 Å². The van der Waals surface area contributed by atoms with E-state index < -0.39 is 0 Å². The first-order valence-electron chi connectivity index (χ1n) is 4.89. The minimum atomic E-state index is 0.191. The molecule has 0 fully saturated rings. The molecule has 0 aromatic carbocycles. The monoisotopic (exact) mass is 194 g/mol. The number of aromatic nitrogens is 1. The summed E-state index contributed by atoms with van der Waals surface area (Å²) in [5.41, 5.74) is 6.75. The number of methoxy groups -OCH3 is 1. The van der Waals surface area contributed by atoms with Gasteiger partial charge in [0.2, 0.25) is 0 Å². The lowest BCUT2D eigenvalue weighted by Crippen LogP contribution is -2.18. The summed E-state index contributed by atoms with van der Waals surface area (Å²) in [6, 6.07) is 4.00. The third-order valence-corrected chi connectivity index (χ3v) is 2.21. The molecule has 0 spiro atoms. The summed E-state index contributed by atoms with van der Waals surface area (Å²) in [5, 5.41) is 0. The number of hydrogen-bond acceptors (Lipinski definition) is 3. The Balaban J connectivity index is 2.82. The zero-order valence-electron chi connectivity index (χ0n) is 9.03. The first-order chi connectivity index (χ1) is 6.65. The van der Waals surface area contributed by atoms with Gasteiger partial charge in [-0.25, -0.2) is 0 Å². The van der Waals surface area contributed by atoms with Gasteiger partial charge in [-0.3, -0.25) is 4.98 Å². The van der Waals surface area contributed by atoms with Crippen LogP contribution in [0.2, 0.25) is 0 Å². The van der Waals surface area contributed by atoms with Crippen LogP contribution in [0.15, 0.2) is 18.3 Å². The van der Waals surface area contributed by atoms with Crippen LogP contribution in [0.25, 0.3) is 0 Å². The van der Waals surface area contributed by atoms with E-state index in [4.69, 9.17) is 10.5 Å². The minimum absolute atomic E-state index is 0.191. The fraction of sp³-hybridized carbons (Fsp3) is 0.545. The van der Waals surface area contributed by atoms with Crippen molar-refractivity contribution in [1.82, 2.24) is 4.98 Å². The Labute approximate surface area is 85.3 Å². The van der Waals surface area contributed by atoms with Gasteiger partial charge < -0.3 is 10.5 Å². The Morgan fingerprint density at radius 3 is 2.79 bits per heavy atom. The first kappa shape index (κ1) is 11.0. The van der Waals surface area contributed by atoms with E-state index in [2.05, 4.69) is 11.9 Å². The second-order valence-electron chi connectivity index (χ2n) is 3.70. The summed E-state index contributed by atoms with van der Waals surface area (Å²) >= 11 is 0. The molecule has 3 heteroatoms. The highest BCUT2D eigenvalue weighted by molar-refractivity contribution is 5.29. The van der Waals surface area contributed by atoms with Crippen LogP contribution in [0.3, 0.4) is 0 Å². The standard InChI is InChI=1S/C11H18N2O/c1-8(7-9(2)12)11-10(14-3)5-4-6-13-11/h4-6,8-9H,7,12H2,1-3H3. The van der Waals surface area contributed by atoms with Gasteiger partial charge in [0.15, 0.2) is 0 Å². The van der Waals surface area contributed by atoms with Crippen molar-refractivity contribution in [3.05, 3.63) is 24.0 Å². The second-order valence-corrected chi connectivity index (χ2v) is 3.70. The fourth-order valence-corrected chi connectivity index (χ4v) is 1.61. The van der Waals surface area contributed by atoms with Crippen LogP contribution in [0.1, 0.15) is 31.9 Å². The van der Waals surface area contributed by atoms with Gasteiger partial charge in [-0.2, -0.15) is 0 Å². The van der Waals surface area contributed by atoms with E-state index in [1.54, 1.807) is 13.3 Å². The molecule has 0 radical (unpaired) electrons. The molecule has 1 heterocycles. The molecule has 0 bridgehead atoms. The molecule has 0 aliphatic carbocycles. The van der Waals surface area contributed by atoms with Crippen molar-refractivity contribution >= 4 is 0 Å². The van der Waals surface area contributed by atoms with Gasteiger partial charge >= 0.3 is 0 Å². The Bertz CT molecular complexity index is 286. The Kier molecular flexibility index (Phi) is 3.89. The van der Waals surface area contributed by atoms with Crippen LogP contribution >= 0.6 is 0 Å². The van der Waals surface area contributed by atoms with Gasteiger partial charge in [0.05, 0.1) is 12.8 Å². The second kappa shape index (κ2) is 4.96. The molecule has 2 atom stereocenters. The quantitative estimate of drug-likeness (QED) is 0.796. The molecule has 0 amide bonds. The van der Waals surface area contributed by atoms with Gasteiger partial charge in [-0.15, -0.1) is 0 Å². The molecule has 3 nitrogen and oxygen atoms in total. The lowest BCUT2D eigenvalue weighted by atomic mass is 9.98. The van der Waals surface area contributed by atoms with E-state index >= 15 is 0 Å². The summed E-state index contributed by atoms with van der Waals surface area (Å²) in [5.74, 6) is 1.19. The molecule has 78 valence electrons. The largest absolute Gasteiger partial charge is 0.495 e. The summed E-state index contributed by atoms with van der Waals surface area (Å²) in [6.45, 7) is 4.13. The zero-order chi connectivity index (χ0) is 10.6. The van der Waals surface area contributed by atoms with Gasteiger partial charge in [-0.1, -0.05) is 6.92 Å². The summed E-state index contributed by atoms with van der Waals surface area (Å²) < 4.78 is 5.24. The number of nitrogens with zero attached hydrogens (tertiary/aromatic N) is 1. The maximum Gasteiger partial charge on any atom is 0.140 e. The van der Waals surface area contributed by atoms with E-state index in [0.29, 0.717) is 5.92 Å². The molecule has 0 aliphatic rings. The third kappa shape index (κ3) is 2.70. The molecule has 14 heavy (non-hydrogen) atoms. The minimum Gasteiger partial charge on any atom is -0.495 e. The molecule has 0 saturated carbocycles. The van der Waals surface area contributed by atoms with Gasteiger partial charge in [0, 0.05) is 18.2 Å². The SMILES string of the molecule is COc1cccnc1C(C)CC(C)N. The smallest absolute Gasteiger partial charge is 0.140 e. The van der Waals surface area contributed by atoms with Gasteiger partial charge in [-0.05, 0) is 25.5 Å². The predicted octanol–water partition coefficient (Wildman–Crippen LogP) is 1.93. The number of nitrogens with two attached hydrogens (primary N) is 1. The molecular weight excluding hydrogens is 176 g/mol. The molecule has 1 aromatic rings. The van der Waals surface area contributed by atoms with Gasteiger partial charge in [0.1, 0.15) is 5.75 Å². The Hall–Kier alpha value is -1.09. The average Bonchev–Trinajstić information content (AvgIpc) is 2.16. The van der Waals surface area contributed by atoms with Crippen LogP contribution in [-0.4, -0.2) is 18.1 Å². The van der Waals surface area contributed by atoms with E-state index in [9.17, 15) is 0 Å². The normalized spacial score (nSPS) is 14.9. The molecule has 1 aromatic heterocycles. The van der Waals surface area contributed by atoms with Crippen LogP contribution in [0.5, 0.6) is 5.75 Å². The maximum absolute atomic E-state index is 5.75. The van der Waals surface area contributed by atoms with Crippen LogP contribution < -0.4 is 10.5 Å². The van der Waals surface area contributed by atoms with Crippen molar-refractivity contribution < 1.29 is 4.74 Å². The van der Waals surface area contributed by atoms with Crippen LogP contribution in [-0.2, 0) is 0 Å². The van der Waals surface area contributed by atoms with E-state index in [1.807, 2.05) is 19.1 Å². The number of rotatable bonds is 4. The molecule has 0 aliphatic heterocycles. The molecular formula is C11H18N2O. The van der Waals surface area contributed by atoms with Crippen molar-refractivity contribution in [1.29, 1.82) is 0 Å². The summed E-state index contributed by atoms with van der Waals surface area (Å²) in [7, 11) is 1.67. The lowest BCUT2D eigenvalue weighted by molar-refractivity contribution is 0.400. The number of hydrogen-bond donors (Lipinski definition) is 1. The molecule has 0 saturated heterocycles. The van der Waals surface area contributed by atoms with E-state index in [1.165, 1.54) is 0 Å². The number of pyridine rings is 1. The highest BCUT2D eigenvalue weighted by Crippen LogP contribution is 2.26. The van der Waals surface area contributed by atoms with Crippen LogP contribution in [0.4, 0.5) is 0 Å². The lowest BCUT2D eigenvalue weighted by Gasteiger charge is -2.15. The Morgan fingerprint density at radius 2 is 2.21 bits per heavy atom. The molecule has 2 N–H and O–H groups in total. The topological polar surface area (TPSA) is 48.1 Å². The average molecular weight is 194 g/mol. The van der Waals surface area contributed by atoms with E-state index in [0.717, 1.165) is 17.9 Å². The highest BCUT2D eigenvalue weighted by atomic mass is 16.5. The number of ether oxygens (including phenoxy) is 1.